The molecule has 1 saturated heterocycles. The molecule has 5 atom stereocenters. The fourth-order valence-electron chi connectivity index (χ4n) is 1.51. The van der Waals surface area contributed by atoms with E-state index in [1.165, 1.54) is 0 Å². The van der Waals surface area contributed by atoms with Crippen LogP contribution in [0.2, 0.25) is 0 Å². The lowest BCUT2D eigenvalue weighted by atomic mass is 9.99. The SMILES string of the molecule is CCCCOC[C@H]1O[C@H](O)[C@@H](O)[C@H](O)[C@@H]1O. The van der Waals surface area contributed by atoms with Crippen LogP contribution in [0.25, 0.3) is 0 Å². The molecule has 6 heteroatoms. The molecule has 0 radical (unpaired) electrons. The summed E-state index contributed by atoms with van der Waals surface area (Å²) < 4.78 is 10.2. The number of unbranched alkanes of at least 4 members (excludes halogenated alkanes) is 1. The smallest absolute Gasteiger partial charge is 0.184 e. The van der Waals surface area contributed by atoms with Crippen molar-refractivity contribution in [3.8, 4) is 0 Å². The van der Waals surface area contributed by atoms with Crippen molar-refractivity contribution in [3.63, 3.8) is 0 Å². The van der Waals surface area contributed by atoms with E-state index in [-0.39, 0.29) is 6.61 Å². The summed E-state index contributed by atoms with van der Waals surface area (Å²) in [4.78, 5) is 0. The van der Waals surface area contributed by atoms with E-state index in [2.05, 4.69) is 0 Å². The second kappa shape index (κ2) is 6.48. The molecule has 16 heavy (non-hydrogen) atoms. The summed E-state index contributed by atoms with van der Waals surface area (Å²) in [5, 5.41) is 37.4. The van der Waals surface area contributed by atoms with Crippen LogP contribution >= 0.6 is 0 Å². The van der Waals surface area contributed by atoms with Gasteiger partial charge in [0.1, 0.15) is 24.4 Å². The maximum Gasteiger partial charge on any atom is 0.184 e. The molecule has 0 aromatic carbocycles. The molecule has 1 rings (SSSR count). The average Bonchev–Trinajstić information content (AvgIpc) is 2.28. The largest absolute Gasteiger partial charge is 0.387 e. The highest BCUT2D eigenvalue weighted by Gasteiger charge is 2.42. The molecule has 1 heterocycles. The Hall–Kier alpha value is -0.240. The molecule has 0 bridgehead atoms. The van der Waals surface area contributed by atoms with Gasteiger partial charge in [0.2, 0.25) is 0 Å². The van der Waals surface area contributed by atoms with Gasteiger partial charge in [0, 0.05) is 6.61 Å². The van der Waals surface area contributed by atoms with Gasteiger partial charge < -0.3 is 29.9 Å². The van der Waals surface area contributed by atoms with Gasteiger partial charge in [-0.05, 0) is 6.42 Å². The Bertz CT molecular complexity index is 200. The van der Waals surface area contributed by atoms with E-state index in [9.17, 15) is 20.4 Å². The minimum atomic E-state index is -1.49. The van der Waals surface area contributed by atoms with Crippen LogP contribution in [0.1, 0.15) is 19.8 Å². The van der Waals surface area contributed by atoms with Crippen LogP contribution < -0.4 is 0 Å². The van der Waals surface area contributed by atoms with Crippen molar-refractivity contribution < 1.29 is 29.9 Å². The Morgan fingerprint density at radius 1 is 1.06 bits per heavy atom. The van der Waals surface area contributed by atoms with Gasteiger partial charge in [-0.25, -0.2) is 0 Å². The molecule has 0 saturated carbocycles. The molecule has 0 aromatic heterocycles. The van der Waals surface area contributed by atoms with Gasteiger partial charge in [-0.3, -0.25) is 0 Å². The third-order valence-electron chi connectivity index (χ3n) is 2.61. The topological polar surface area (TPSA) is 99.4 Å². The van der Waals surface area contributed by atoms with Crippen LogP contribution in [0.15, 0.2) is 0 Å². The molecular weight excluding hydrogens is 216 g/mol. The van der Waals surface area contributed by atoms with Gasteiger partial charge in [-0.2, -0.15) is 0 Å². The molecule has 0 aliphatic carbocycles. The minimum absolute atomic E-state index is 0.0853. The van der Waals surface area contributed by atoms with Gasteiger partial charge in [0.15, 0.2) is 6.29 Å². The highest BCUT2D eigenvalue weighted by atomic mass is 16.6. The summed E-state index contributed by atoms with van der Waals surface area (Å²) >= 11 is 0. The maximum absolute atomic E-state index is 9.56. The first kappa shape index (κ1) is 13.8. The van der Waals surface area contributed by atoms with Crippen LogP contribution in [0.4, 0.5) is 0 Å². The van der Waals surface area contributed by atoms with Gasteiger partial charge >= 0.3 is 0 Å². The molecule has 96 valence electrons. The first-order valence-corrected chi connectivity index (χ1v) is 5.53. The average molecular weight is 236 g/mol. The monoisotopic (exact) mass is 236 g/mol. The number of hydrogen-bond donors (Lipinski definition) is 4. The number of rotatable bonds is 5. The molecule has 0 spiro atoms. The lowest BCUT2D eigenvalue weighted by Crippen LogP contribution is -2.58. The molecule has 0 amide bonds. The molecule has 1 aliphatic rings. The second-order valence-electron chi connectivity index (χ2n) is 3.97. The Balaban J connectivity index is 2.35. The minimum Gasteiger partial charge on any atom is -0.387 e. The van der Waals surface area contributed by atoms with Crippen molar-refractivity contribution in [1.82, 2.24) is 0 Å². The quantitative estimate of drug-likeness (QED) is 0.438. The molecular formula is C10H20O6. The first-order chi connectivity index (χ1) is 7.57. The third kappa shape index (κ3) is 3.38. The number of hydrogen-bond acceptors (Lipinski definition) is 6. The second-order valence-corrected chi connectivity index (χ2v) is 3.97. The standard InChI is InChI=1S/C10H20O6/c1-2-3-4-15-5-6-7(11)8(12)9(13)10(14)16-6/h6-14H,2-5H2,1H3/t6-,7-,8-,9+,10+/m1/s1. The fourth-order valence-corrected chi connectivity index (χ4v) is 1.51. The lowest BCUT2D eigenvalue weighted by Gasteiger charge is -2.38. The van der Waals surface area contributed by atoms with Crippen LogP contribution in [0.5, 0.6) is 0 Å². The van der Waals surface area contributed by atoms with E-state index >= 15 is 0 Å². The summed E-state index contributed by atoms with van der Waals surface area (Å²) in [5.41, 5.74) is 0. The molecule has 4 N–H and O–H groups in total. The molecule has 1 fully saturated rings. The zero-order valence-electron chi connectivity index (χ0n) is 9.32. The fraction of sp³-hybridized carbons (Fsp3) is 1.00. The zero-order valence-corrected chi connectivity index (χ0v) is 9.32. The molecule has 0 aromatic rings. The van der Waals surface area contributed by atoms with Gasteiger partial charge in [0.05, 0.1) is 6.61 Å². The molecule has 1 aliphatic heterocycles. The summed E-state index contributed by atoms with van der Waals surface area (Å²) in [6.07, 6.45) is -4.55. The number of ether oxygens (including phenoxy) is 2. The summed E-state index contributed by atoms with van der Waals surface area (Å²) in [5.74, 6) is 0. The predicted molar refractivity (Wildman–Crippen MR) is 54.6 cm³/mol. The summed E-state index contributed by atoms with van der Waals surface area (Å²) in [6.45, 7) is 2.65. The highest BCUT2D eigenvalue weighted by molar-refractivity contribution is 4.88. The van der Waals surface area contributed by atoms with Gasteiger partial charge in [0.25, 0.3) is 0 Å². The molecule has 0 unspecified atom stereocenters. The van der Waals surface area contributed by atoms with E-state index in [1.807, 2.05) is 6.92 Å². The van der Waals surface area contributed by atoms with E-state index in [4.69, 9.17) is 9.47 Å². The van der Waals surface area contributed by atoms with Crippen molar-refractivity contribution >= 4 is 0 Å². The van der Waals surface area contributed by atoms with Crippen LogP contribution in [0.3, 0.4) is 0 Å². The maximum atomic E-state index is 9.56. The normalized spacial score (nSPS) is 39.9. The van der Waals surface area contributed by atoms with Crippen LogP contribution in [-0.2, 0) is 9.47 Å². The van der Waals surface area contributed by atoms with Crippen LogP contribution in [-0.4, -0.2) is 64.3 Å². The Labute approximate surface area is 94.4 Å². The number of aliphatic hydroxyl groups excluding tert-OH is 4. The van der Waals surface area contributed by atoms with E-state index in [1.54, 1.807) is 0 Å². The van der Waals surface area contributed by atoms with E-state index in [0.717, 1.165) is 12.8 Å². The molecule has 6 nitrogen and oxygen atoms in total. The van der Waals surface area contributed by atoms with Gasteiger partial charge in [-0.1, -0.05) is 13.3 Å². The zero-order chi connectivity index (χ0) is 12.1. The van der Waals surface area contributed by atoms with Crippen molar-refractivity contribution in [2.45, 2.75) is 50.5 Å². The summed E-state index contributed by atoms with van der Waals surface area (Å²) in [7, 11) is 0. The van der Waals surface area contributed by atoms with Crippen molar-refractivity contribution in [2.75, 3.05) is 13.2 Å². The van der Waals surface area contributed by atoms with Crippen LogP contribution in [0, 0.1) is 0 Å². The Kier molecular flexibility index (Phi) is 5.60. The Morgan fingerprint density at radius 2 is 1.75 bits per heavy atom. The summed E-state index contributed by atoms with van der Waals surface area (Å²) in [6, 6.07) is 0. The van der Waals surface area contributed by atoms with E-state index < -0.39 is 30.7 Å². The highest BCUT2D eigenvalue weighted by Crippen LogP contribution is 2.19. The van der Waals surface area contributed by atoms with Crippen molar-refractivity contribution in [3.05, 3.63) is 0 Å². The predicted octanol–water partition coefficient (Wildman–Crippen LogP) is -1.40. The number of aliphatic hydroxyl groups is 4. The van der Waals surface area contributed by atoms with Crippen molar-refractivity contribution in [2.24, 2.45) is 0 Å². The lowest BCUT2D eigenvalue weighted by molar-refractivity contribution is -0.288. The first-order valence-electron chi connectivity index (χ1n) is 5.53. The van der Waals surface area contributed by atoms with E-state index in [0.29, 0.717) is 6.61 Å². The van der Waals surface area contributed by atoms with Crippen molar-refractivity contribution in [1.29, 1.82) is 0 Å². The third-order valence-corrected chi connectivity index (χ3v) is 2.61. The van der Waals surface area contributed by atoms with Gasteiger partial charge in [-0.15, -0.1) is 0 Å². The Morgan fingerprint density at radius 3 is 2.38 bits per heavy atom.